The summed E-state index contributed by atoms with van der Waals surface area (Å²) in [5.41, 5.74) is 0. The standard InChI is InChI=1S/C54H91N3O41/c1-12(65)55-23-32(74)41(93-53-39(81)45(30(72)19(8-62)90-53)97-49-24(56-13(2)66)43(28(70)17(6-60)86-49)95-51-37(79)33(75)26(68)15(4-58)88-51)21(10-64)91-48(23)84-11-22-31(73)46(40(82)54(92-22)94-42-20(9-63)85-47(83)36(78)35(42)77)98-50-25(57-14(3)67)44(29(71)18(7-61)87-50)96-52-38(80)34(76)27(69)16(5-59)89-52/h15-54,58-64,68-83H,4-11H2,1-3H3,(H,55,65)(H,56,66)(H,57,67)/t15-,16-,17-,18-,19-,20-,21-,22-,23-,24+,25-,26+,27+,28-,29-,30+,31+,32-,33+,34+,35-,36-,37-,38-,39-,40-,41-,42-,43-,44-,45+,46+,47?,48-,49+,50+,51+,52+,53+,54+/m1/s1. The summed E-state index contributed by atoms with van der Waals surface area (Å²) in [6, 6.07) is -5.51. The van der Waals surface area contributed by atoms with Gasteiger partial charge < -0.3 is 204 Å². The van der Waals surface area contributed by atoms with Crippen molar-refractivity contribution < 1.29 is 203 Å². The van der Waals surface area contributed by atoms with E-state index < -0.39 is 316 Å². The van der Waals surface area contributed by atoms with Crippen molar-refractivity contribution >= 4 is 17.7 Å². The molecular weight excluding hydrogens is 1350 g/mol. The number of aliphatic hydroxyl groups excluding tert-OH is 23. The van der Waals surface area contributed by atoms with Crippen LogP contribution in [0.15, 0.2) is 0 Å². The Kier molecular flexibility index (Phi) is 28.9. The van der Waals surface area contributed by atoms with Gasteiger partial charge in [0.05, 0.1) is 52.9 Å². The van der Waals surface area contributed by atoms with Gasteiger partial charge in [0.25, 0.3) is 0 Å². The van der Waals surface area contributed by atoms with Crippen molar-refractivity contribution in [2.45, 2.75) is 266 Å². The number of carbonyl (C=O) groups excluding carboxylic acids is 3. The zero-order chi connectivity index (χ0) is 72.2. The van der Waals surface area contributed by atoms with Gasteiger partial charge in [-0.1, -0.05) is 0 Å². The summed E-state index contributed by atoms with van der Waals surface area (Å²) in [6.45, 7) is -5.37. The van der Waals surface area contributed by atoms with Crippen molar-refractivity contribution in [3.63, 3.8) is 0 Å². The van der Waals surface area contributed by atoms with E-state index in [0.717, 1.165) is 20.8 Å². The molecule has 0 saturated carbocycles. The van der Waals surface area contributed by atoms with E-state index in [2.05, 4.69) is 16.0 Å². The van der Waals surface area contributed by atoms with Crippen LogP contribution in [0.4, 0.5) is 0 Å². The van der Waals surface area contributed by atoms with Crippen LogP contribution in [0.5, 0.6) is 0 Å². The summed E-state index contributed by atoms with van der Waals surface area (Å²) >= 11 is 0. The van der Waals surface area contributed by atoms with E-state index >= 15 is 0 Å². The number of rotatable bonds is 25. The average Bonchev–Trinajstić information content (AvgIpc) is 0.775. The van der Waals surface area contributed by atoms with Crippen LogP contribution in [-0.4, -0.2) is 433 Å². The van der Waals surface area contributed by atoms with Crippen LogP contribution in [0, 0.1) is 0 Å². The Hall–Kier alpha value is -3.11. The predicted molar refractivity (Wildman–Crippen MR) is 299 cm³/mol. The number of aliphatic hydroxyl groups is 23. The summed E-state index contributed by atoms with van der Waals surface area (Å²) in [5.74, 6) is -2.71. The van der Waals surface area contributed by atoms with Gasteiger partial charge in [-0.3, -0.25) is 14.4 Å². The molecule has 0 aromatic heterocycles. The van der Waals surface area contributed by atoms with Crippen LogP contribution in [0.25, 0.3) is 0 Å². The Morgan fingerprint density at radius 2 is 0.551 bits per heavy atom. The topological polar surface area (TPSA) is 691 Å². The van der Waals surface area contributed by atoms with Crippen LogP contribution < -0.4 is 16.0 Å². The van der Waals surface area contributed by atoms with Gasteiger partial charge in [0.2, 0.25) is 17.7 Å². The number of nitrogens with one attached hydrogen (secondary N) is 3. The van der Waals surface area contributed by atoms with Crippen molar-refractivity contribution in [3.05, 3.63) is 0 Å². The van der Waals surface area contributed by atoms with Crippen LogP contribution in [-0.2, 0) is 85.4 Å². The second-order valence-electron chi connectivity index (χ2n) is 24.6. The first kappa shape index (κ1) is 80.6. The molecule has 1 unspecified atom stereocenters. The fourth-order valence-corrected chi connectivity index (χ4v) is 12.6. The molecule has 8 saturated heterocycles. The van der Waals surface area contributed by atoms with E-state index in [9.17, 15) is 132 Å². The molecule has 0 aromatic rings. The van der Waals surface area contributed by atoms with Crippen molar-refractivity contribution in [1.29, 1.82) is 0 Å². The molecule has 26 N–H and O–H groups in total. The highest BCUT2D eigenvalue weighted by Gasteiger charge is 2.60. The summed E-state index contributed by atoms with van der Waals surface area (Å²) < 4.78 is 87.2. The highest BCUT2D eigenvalue weighted by Crippen LogP contribution is 2.39. The van der Waals surface area contributed by atoms with E-state index in [1.54, 1.807) is 0 Å². The zero-order valence-corrected chi connectivity index (χ0v) is 52.4. The summed E-state index contributed by atoms with van der Waals surface area (Å²) in [6.07, 6.45) is -74.1. The quantitative estimate of drug-likeness (QED) is 0.0404. The molecule has 8 fully saturated rings. The third-order valence-electron chi connectivity index (χ3n) is 17.8. The molecule has 40 atom stereocenters. The third kappa shape index (κ3) is 17.5. The maximum atomic E-state index is 12.9. The second-order valence-corrected chi connectivity index (χ2v) is 24.6. The molecule has 98 heavy (non-hydrogen) atoms. The highest BCUT2D eigenvalue weighted by atomic mass is 16.8. The first-order valence-corrected chi connectivity index (χ1v) is 31.1. The molecule has 0 spiro atoms. The molecule has 44 nitrogen and oxygen atoms in total. The smallest absolute Gasteiger partial charge is 0.217 e. The maximum absolute atomic E-state index is 12.9. The lowest BCUT2D eigenvalue weighted by Crippen LogP contribution is -2.70. The number of amides is 3. The monoisotopic (exact) mass is 1440 g/mol. The SMILES string of the molecule is CC(=O)N[C@@H]1[C@H](O[C@H]2[C@@H](O)[C@@H](CO)O[C@@H](O[C@H]3[C@H](O)[C@@H](NC(C)=O)[C@H](OC[C@H]4O[C@@H](O[C@H]5[C@H](O)[C@@H](O)C(O)O[C@@H]5CO)[C@H](O)[C@@H](O[C@@H]5O[C@H](CO)[C@@H](O)[C@H](O[C@@H]6O[C@H](CO)[C@H](O)[C@H](O)[C@H]6O)[C@H]5NC(C)=O)[C@H]4O)O[C@@H]3CO)[C@@H]2O)O[C@H](CO)[C@@H](O)[C@@H]1O[C@@H]1O[C@H](CO)[C@H](O)[C@H](O)[C@H]1O. The number of carbonyl (C=O) groups is 3. The lowest BCUT2D eigenvalue weighted by atomic mass is 9.94. The Labute approximate surface area is 554 Å². The van der Waals surface area contributed by atoms with Gasteiger partial charge in [-0.25, -0.2) is 0 Å². The predicted octanol–water partition coefficient (Wildman–Crippen LogP) is -18.0. The molecule has 0 radical (unpaired) electrons. The first-order valence-electron chi connectivity index (χ1n) is 31.1. The number of hydrogen-bond donors (Lipinski definition) is 26. The minimum Gasteiger partial charge on any atom is -0.394 e. The molecule has 8 aliphatic rings. The third-order valence-corrected chi connectivity index (χ3v) is 17.8. The van der Waals surface area contributed by atoms with Crippen molar-refractivity contribution in [2.75, 3.05) is 52.9 Å². The lowest BCUT2D eigenvalue weighted by molar-refractivity contribution is -0.385. The maximum Gasteiger partial charge on any atom is 0.217 e. The van der Waals surface area contributed by atoms with E-state index in [1.807, 2.05) is 0 Å². The largest absolute Gasteiger partial charge is 0.394 e. The molecule has 0 aliphatic carbocycles. The van der Waals surface area contributed by atoms with Gasteiger partial charge in [0, 0.05) is 20.8 Å². The van der Waals surface area contributed by atoms with Gasteiger partial charge in [0.15, 0.2) is 50.3 Å². The van der Waals surface area contributed by atoms with Gasteiger partial charge in [0.1, 0.15) is 195 Å². The fourth-order valence-electron chi connectivity index (χ4n) is 12.6. The minimum atomic E-state index is -2.36. The van der Waals surface area contributed by atoms with Gasteiger partial charge in [-0.05, 0) is 0 Å². The molecule has 44 heteroatoms. The molecule has 8 heterocycles. The van der Waals surface area contributed by atoms with Crippen molar-refractivity contribution in [3.8, 4) is 0 Å². The Morgan fingerprint density at radius 3 is 0.939 bits per heavy atom. The highest BCUT2D eigenvalue weighted by molar-refractivity contribution is 5.74. The van der Waals surface area contributed by atoms with Gasteiger partial charge >= 0.3 is 0 Å². The number of ether oxygens (including phenoxy) is 15. The van der Waals surface area contributed by atoms with E-state index in [-0.39, 0.29) is 0 Å². The minimum absolute atomic E-state index is 0.878. The fraction of sp³-hybridized carbons (Fsp3) is 0.944. The molecule has 3 amide bonds. The van der Waals surface area contributed by atoms with Gasteiger partial charge in [-0.15, -0.1) is 0 Å². The first-order chi connectivity index (χ1) is 46.4. The van der Waals surface area contributed by atoms with Crippen LogP contribution in [0.2, 0.25) is 0 Å². The van der Waals surface area contributed by atoms with Crippen LogP contribution in [0.3, 0.4) is 0 Å². The lowest BCUT2D eigenvalue weighted by Gasteiger charge is -2.50. The number of hydrogen-bond acceptors (Lipinski definition) is 41. The van der Waals surface area contributed by atoms with Crippen LogP contribution >= 0.6 is 0 Å². The Balaban J connectivity index is 1.05. The molecule has 0 aromatic carbocycles. The average molecular weight is 1440 g/mol. The normalized spacial score (nSPS) is 49.5. The molecule has 8 aliphatic heterocycles. The van der Waals surface area contributed by atoms with Crippen LogP contribution in [0.1, 0.15) is 20.8 Å². The molecule has 568 valence electrons. The summed E-state index contributed by atoms with van der Waals surface area (Å²) in [4.78, 5) is 38.6. The Bertz CT molecular complexity index is 2510. The van der Waals surface area contributed by atoms with E-state index in [4.69, 9.17) is 71.1 Å². The van der Waals surface area contributed by atoms with E-state index in [1.165, 1.54) is 0 Å². The second kappa shape index (κ2) is 35.1. The van der Waals surface area contributed by atoms with Crippen molar-refractivity contribution in [2.24, 2.45) is 0 Å². The molecule has 0 bridgehead atoms. The Morgan fingerprint density at radius 1 is 0.265 bits per heavy atom. The van der Waals surface area contributed by atoms with Gasteiger partial charge in [-0.2, -0.15) is 0 Å². The zero-order valence-electron chi connectivity index (χ0n) is 52.4. The van der Waals surface area contributed by atoms with Crippen molar-refractivity contribution in [1.82, 2.24) is 16.0 Å². The van der Waals surface area contributed by atoms with E-state index in [0.29, 0.717) is 0 Å². The summed E-state index contributed by atoms with van der Waals surface area (Å²) in [5, 5.41) is 257. The molecule has 8 rings (SSSR count). The summed E-state index contributed by atoms with van der Waals surface area (Å²) in [7, 11) is 0. The molecular formula is C54H91N3O41.